The SMILES string of the molecule is CCOC(=O)[C@](NC(C)=O)(Nc1ccc(S(N)(=O)=O)cc1)C(F)(F)F. The number of rotatable bonds is 6. The molecule has 0 bridgehead atoms. The third-order valence-electron chi connectivity index (χ3n) is 2.89. The Kier molecular flexibility index (Phi) is 6.02. The fourth-order valence-electron chi connectivity index (χ4n) is 1.84. The molecule has 1 rings (SSSR count). The molecule has 0 unspecified atom stereocenters. The highest BCUT2D eigenvalue weighted by molar-refractivity contribution is 7.89. The van der Waals surface area contributed by atoms with Gasteiger partial charge in [-0.05, 0) is 31.2 Å². The van der Waals surface area contributed by atoms with Crippen LogP contribution in [0.1, 0.15) is 13.8 Å². The van der Waals surface area contributed by atoms with Crippen LogP contribution in [0.25, 0.3) is 0 Å². The van der Waals surface area contributed by atoms with Crippen LogP contribution in [0, 0.1) is 0 Å². The number of amides is 1. The Balaban J connectivity index is 3.37. The topological polar surface area (TPSA) is 128 Å². The normalized spacial score (nSPS) is 14.3. The molecule has 0 aliphatic rings. The first-order valence-electron chi connectivity index (χ1n) is 6.77. The van der Waals surface area contributed by atoms with Gasteiger partial charge in [0.05, 0.1) is 11.5 Å². The maximum Gasteiger partial charge on any atom is 0.441 e. The summed E-state index contributed by atoms with van der Waals surface area (Å²) in [5.41, 5.74) is -3.84. The highest BCUT2D eigenvalue weighted by Crippen LogP contribution is 2.33. The molecule has 0 aliphatic carbocycles. The number of esters is 1. The number of hydrogen-bond donors (Lipinski definition) is 3. The molecule has 4 N–H and O–H groups in total. The Morgan fingerprint density at radius 1 is 1.20 bits per heavy atom. The third-order valence-corrected chi connectivity index (χ3v) is 3.81. The molecule has 0 saturated carbocycles. The molecule has 0 fully saturated rings. The van der Waals surface area contributed by atoms with E-state index in [1.165, 1.54) is 12.2 Å². The molecule has 0 radical (unpaired) electrons. The summed E-state index contributed by atoms with van der Waals surface area (Å²) in [6, 6.07) is 3.80. The first kappa shape index (κ1) is 20.7. The lowest BCUT2D eigenvalue weighted by Crippen LogP contribution is -2.69. The van der Waals surface area contributed by atoms with Crippen molar-refractivity contribution in [3.63, 3.8) is 0 Å². The highest BCUT2D eigenvalue weighted by atomic mass is 32.2. The fourth-order valence-corrected chi connectivity index (χ4v) is 2.35. The lowest BCUT2D eigenvalue weighted by molar-refractivity contribution is -0.207. The van der Waals surface area contributed by atoms with Gasteiger partial charge in [-0.3, -0.25) is 4.79 Å². The predicted octanol–water partition coefficient (Wildman–Crippen LogP) is 0.704. The lowest BCUT2D eigenvalue weighted by Gasteiger charge is -2.35. The van der Waals surface area contributed by atoms with E-state index in [9.17, 15) is 31.2 Å². The molecule has 1 aromatic rings. The van der Waals surface area contributed by atoms with Crippen LogP contribution in [0.4, 0.5) is 18.9 Å². The van der Waals surface area contributed by atoms with Crippen LogP contribution in [0.5, 0.6) is 0 Å². The van der Waals surface area contributed by atoms with E-state index in [1.54, 1.807) is 0 Å². The van der Waals surface area contributed by atoms with E-state index in [-0.39, 0.29) is 17.2 Å². The molecule has 8 nitrogen and oxygen atoms in total. The van der Waals surface area contributed by atoms with Crippen molar-refractivity contribution < 1.29 is 35.9 Å². The molecule has 1 aromatic carbocycles. The van der Waals surface area contributed by atoms with Gasteiger partial charge in [-0.25, -0.2) is 18.4 Å². The van der Waals surface area contributed by atoms with Gasteiger partial charge in [-0.2, -0.15) is 13.2 Å². The van der Waals surface area contributed by atoms with Crippen LogP contribution < -0.4 is 15.8 Å². The van der Waals surface area contributed by atoms with Crippen molar-refractivity contribution in [2.45, 2.75) is 30.6 Å². The molecule has 1 amide bonds. The van der Waals surface area contributed by atoms with Crippen molar-refractivity contribution in [2.24, 2.45) is 5.14 Å². The molecule has 140 valence electrons. The molecule has 1 atom stereocenters. The Hall–Kier alpha value is -2.34. The molecular formula is C13H16F3N3O5S. The number of anilines is 1. The summed E-state index contributed by atoms with van der Waals surface area (Å²) in [7, 11) is -4.05. The van der Waals surface area contributed by atoms with E-state index < -0.39 is 33.7 Å². The number of nitrogens with one attached hydrogen (secondary N) is 2. The van der Waals surface area contributed by atoms with E-state index in [0.29, 0.717) is 0 Å². The van der Waals surface area contributed by atoms with Crippen molar-refractivity contribution in [1.29, 1.82) is 0 Å². The van der Waals surface area contributed by atoms with Gasteiger partial charge in [0.15, 0.2) is 0 Å². The molecule has 0 heterocycles. The zero-order chi connectivity index (χ0) is 19.5. The number of sulfonamides is 1. The Bertz CT molecular complexity index is 749. The summed E-state index contributed by atoms with van der Waals surface area (Å²) in [4.78, 5) is 22.8. The largest absolute Gasteiger partial charge is 0.463 e. The van der Waals surface area contributed by atoms with Gasteiger partial charge in [-0.15, -0.1) is 0 Å². The summed E-state index contributed by atoms with van der Waals surface area (Å²) in [6.45, 7) is 1.74. The van der Waals surface area contributed by atoms with Crippen LogP contribution in [-0.4, -0.2) is 38.7 Å². The maximum atomic E-state index is 13.6. The van der Waals surface area contributed by atoms with Crippen molar-refractivity contribution in [3.8, 4) is 0 Å². The summed E-state index contributed by atoms with van der Waals surface area (Å²) < 4.78 is 67.5. The first-order valence-corrected chi connectivity index (χ1v) is 8.32. The average molecular weight is 383 g/mol. The molecule has 25 heavy (non-hydrogen) atoms. The van der Waals surface area contributed by atoms with Crippen LogP contribution in [-0.2, 0) is 24.3 Å². The lowest BCUT2D eigenvalue weighted by atomic mass is 10.1. The number of hydrogen-bond acceptors (Lipinski definition) is 6. The Labute approximate surface area is 141 Å². The Morgan fingerprint density at radius 3 is 2.08 bits per heavy atom. The predicted molar refractivity (Wildman–Crippen MR) is 80.7 cm³/mol. The zero-order valence-corrected chi connectivity index (χ0v) is 14.0. The number of carbonyl (C=O) groups excluding carboxylic acids is 2. The van der Waals surface area contributed by atoms with Crippen LogP contribution in [0.2, 0.25) is 0 Å². The summed E-state index contributed by atoms with van der Waals surface area (Å²) in [5, 5.41) is 8.28. The minimum atomic E-state index is -5.26. The zero-order valence-electron chi connectivity index (χ0n) is 13.2. The number of carbonyl (C=O) groups is 2. The second kappa shape index (κ2) is 7.27. The summed E-state index contributed by atoms with van der Waals surface area (Å²) >= 11 is 0. The molecule has 0 aliphatic heterocycles. The quantitative estimate of drug-likeness (QED) is 0.490. The smallest absolute Gasteiger partial charge is 0.441 e. The summed E-state index contributed by atoms with van der Waals surface area (Å²) in [5.74, 6) is -2.91. The van der Waals surface area contributed by atoms with Crippen molar-refractivity contribution in [3.05, 3.63) is 24.3 Å². The van der Waals surface area contributed by atoms with E-state index in [0.717, 1.165) is 31.2 Å². The van der Waals surface area contributed by atoms with E-state index in [4.69, 9.17) is 5.14 Å². The minimum Gasteiger partial charge on any atom is -0.463 e. The van der Waals surface area contributed by atoms with Gasteiger partial charge in [-0.1, -0.05) is 0 Å². The van der Waals surface area contributed by atoms with E-state index >= 15 is 0 Å². The van der Waals surface area contributed by atoms with Crippen molar-refractivity contribution in [1.82, 2.24) is 5.32 Å². The monoisotopic (exact) mass is 383 g/mol. The number of benzene rings is 1. The molecule has 0 spiro atoms. The van der Waals surface area contributed by atoms with E-state index in [1.807, 2.05) is 5.32 Å². The van der Waals surface area contributed by atoms with Gasteiger partial charge >= 0.3 is 17.8 Å². The van der Waals surface area contributed by atoms with Crippen LogP contribution in [0.15, 0.2) is 29.2 Å². The van der Waals surface area contributed by atoms with Gasteiger partial charge in [0.2, 0.25) is 15.9 Å². The van der Waals surface area contributed by atoms with Crippen molar-refractivity contribution in [2.75, 3.05) is 11.9 Å². The molecule has 12 heteroatoms. The Morgan fingerprint density at radius 2 is 1.72 bits per heavy atom. The number of primary sulfonamides is 1. The number of nitrogens with two attached hydrogens (primary N) is 1. The van der Waals surface area contributed by atoms with Gasteiger partial charge in [0, 0.05) is 12.6 Å². The first-order chi connectivity index (χ1) is 11.3. The second-order valence-corrected chi connectivity index (χ2v) is 6.41. The highest BCUT2D eigenvalue weighted by Gasteiger charge is 2.63. The molecular weight excluding hydrogens is 367 g/mol. The number of alkyl halides is 3. The fraction of sp³-hybridized carbons (Fsp3) is 0.385. The summed E-state index contributed by atoms with van der Waals surface area (Å²) in [6.07, 6.45) is -5.26. The van der Waals surface area contributed by atoms with Crippen LogP contribution in [0.3, 0.4) is 0 Å². The van der Waals surface area contributed by atoms with Crippen LogP contribution >= 0.6 is 0 Å². The molecule has 0 aromatic heterocycles. The number of halogens is 3. The minimum absolute atomic E-state index is 0.300. The maximum absolute atomic E-state index is 13.6. The van der Waals surface area contributed by atoms with E-state index in [2.05, 4.69) is 4.74 Å². The van der Waals surface area contributed by atoms with Gasteiger partial charge in [0.25, 0.3) is 0 Å². The second-order valence-electron chi connectivity index (χ2n) is 4.84. The third kappa shape index (κ3) is 4.82. The number of ether oxygens (including phenoxy) is 1. The average Bonchev–Trinajstić information content (AvgIpc) is 2.44. The van der Waals surface area contributed by atoms with Crippen molar-refractivity contribution >= 4 is 27.6 Å². The van der Waals surface area contributed by atoms with Gasteiger partial charge < -0.3 is 15.4 Å². The standard InChI is InChI=1S/C13H16F3N3O5S/c1-3-24-11(21)12(13(14,15)16,18-8(2)20)19-9-4-6-10(7-5-9)25(17,22)23/h4-7,19H,3H2,1-2H3,(H,18,20)(H2,17,22,23)/t12-/m0/s1. The molecule has 0 saturated heterocycles. The van der Waals surface area contributed by atoms with Gasteiger partial charge in [0.1, 0.15) is 0 Å².